The summed E-state index contributed by atoms with van der Waals surface area (Å²) in [5.41, 5.74) is 0. The van der Waals surface area contributed by atoms with E-state index in [-0.39, 0.29) is 5.97 Å². The molecule has 0 saturated heterocycles. The van der Waals surface area contributed by atoms with Crippen LogP contribution in [0.15, 0.2) is 22.0 Å². The second-order valence-electron chi connectivity index (χ2n) is 2.00. The molecule has 0 fully saturated rings. The molecule has 2 nitrogen and oxygen atoms in total. The van der Waals surface area contributed by atoms with E-state index in [1.54, 1.807) is 17.4 Å². The van der Waals surface area contributed by atoms with Gasteiger partial charge in [-0.05, 0) is 33.5 Å². The molecule has 0 radical (unpaired) electrons. The van der Waals surface area contributed by atoms with E-state index in [4.69, 9.17) is 0 Å². The van der Waals surface area contributed by atoms with Gasteiger partial charge in [0.15, 0.2) is 0 Å². The highest BCUT2D eigenvalue weighted by molar-refractivity contribution is 9.12. The third-order valence-corrected chi connectivity index (χ3v) is 2.56. The van der Waals surface area contributed by atoms with E-state index in [0.29, 0.717) is 4.48 Å². The van der Waals surface area contributed by atoms with Crippen molar-refractivity contribution >= 4 is 39.3 Å². The van der Waals surface area contributed by atoms with Crippen LogP contribution in [0.3, 0.4) is 0 Å². The van der Waals surface area contributed by atoms with Crippen LogP contribution in [-0.2, 0) is 9.53 Å². The maximum absolute atomic E-state index is 10.9. The molecule has 0 spiro atoms. The van der Waals surface area contributed by atoms with Gasteiger partial charge in [0.05, 0.1) is 7.11 Å². The maximum Gasteiger partial charge on any atom is 0.345 e. The van der Waals surface area contributed by atoms with Crippen LogP contribution < -0.4 is 0 Å². The average molecular weight is 247 g/mol. The van der Waals surface area contributed by atoms with Crippen LogP contribution in [0.2, 0.25) is 0 Å². The van der Waals surface area contributed by atoms with Crippen molar-refractivity contribution in [1.82, 2.24) is 0 Å². The predicted molar refractivity (Wildman–Crippen MR) is 53.2 cm³/mol. The van der Waals surface area contributed by atoms with Gasteiger partial charge < -0.3 is 4.74 Å². The molecule has 0 amide bonds. The number of carbonyl (C=O) groups is 1. The molecule has 0 aliphatic carbocycles. The van der Waals surface area contributed by atoms with Crippen molar-refractivity contribution in [3.63, 3.8) is 0 Å². The number of esters is 1. The molecule has 1 heterocycles. The van der Waals surface area contributed by atoms with Crippen LogP contribution >= 0.6 is 27.3 Å². The number of ether oxygens (including phenoxy) is 1. The minimum atomic E-state index is -0.358. The Morgan fingerprint density at radius 3 is 3.00 bits per heavy atom. The SMILES string of the molecule is COC(=O)/C(Br)=C\c1cccs1. The predicted octanol–water partition coefficient (Wildman–Crippen LogP) is 2.66. The fraction of sp³-hybridized carbons (Fsp3) is 0.125. The lowest BCUT2D eigenvalue weighted by atomic mass is 10.4. The summed E-state index contributed by atoms with van der Waals surface area (Å²) < 4.78 is 4.95. The van der Waals surface area contributed by atoms with Crippen molar-refractivity contribution in [2.45, 2.75) is 0 Å². The second kappa shape index (κ2) is 4.42. The Balaban J connectivity index is 2.76. The van der Waals surface area contributed by atoms with E-state index >= 15 is 0 Å². The zero-order chi connectivity index (χ0) is 8.97. The summed E-state index contributed by atoms with van der Waals surface area (Å²) in [6.07, 6.45) is 1.73. The van der Waals surface area contributed by atoms with E-state index in [0.717, 1.165) is 4.88 Å². The third kappa shape index (κ3) is 2.46. The van der Waals surface area contributed by atoms with E-state index in [2.05, 4.69) is 20.7 Å². The highest BCUT2D eigenvalue weighted by Crippen LogP contribution is 2.17. The van der Waals surface area contributed by atoms with Gasteiger partial charge in [0.1, 0.15) is 4.48 Å². The average Bonchev–Trinajstić information content (AvgIpc) is 2.55. The Morgan fingerprint density at radius 1 is 1.75 bits per heavy atom. The molecule has 0 unspecified atom stereocenters. The number of hydrogen-bond acceptors (Lipinski definition) is 3. The van der Waals surface area contributed by atoms with E-state index in [9.17, 15) is 4.79 Å². The van der Waals surface area contributed by atoms with Crippen molar-refractivity contribution in [3.05, 3.63) is 26.9 Å². The van der Waals surface area contributed by atoms with E-state index < -0.39 is 0 Å². The number of methoxy groups -OCH3 is 1. The number of carbonyl (C=O) groups excluding carboxylic acids is 1. The normalized spacial score (nSPS) is 11.3. The first-order valence-corrected chi connectivity index (χ1v) is 4.90. The smallest absolute Gasteiger partial charge is 0.345 e. The summed E-state index contributed by atoms with van der Waals surface area (Å²) >= 11 is 4.68. The molecule has 0 N–H and O–H groups in total. The van der Waals surface area contributed by atoms with Crippen LogP contribution in [0, 0.1) is 0 Å². The highest BCUT2D eigenvalue weighted by atomic mass is 79.9. The Labute approximate surface area is 83.0 Å². The van der Waals surface area contributed by atoms with Gasteiger partial charge in [0.2, 0.25) is 0 Å². The first kappa shape index (κ1) is 9.48. The first-order chi connectivity index (χ1) is 5.74. The Hall–Kier alpha value is -0.610. The van der Waals surface area contributed by atoms with Gasteiger partial charge >= 0.3 is 5.97 Å². The van der Waals surface area contributed by atoms with Crippen LogP contribution in [0.25, 0.3) is 6.08 Å². The number of rotatable bonds is 2. The molecular formula is C8H7BrO2S. The second-order valence-corrected chi connectivity index (χ2v) is 3.83. The molecule has 0 aromatic carbocycles. The molecule has 1 aromatic rings. The molecule has 0 aliphatic heterocycles. The van der Waals surface area contributed by atoms with Crippen molar-refractivity contribution in [3.8, 4) is 0 Å². The van der Waals surface area contributed by atoms with Gasteiger partial charge in [-0.15, -0.1) is 11.3 Å². The van der Waals surface area contributed by atoms with Crippen LogP contribution in [0.1, 0.15) is 4.88 Å². The Kier molecular flexibility index (Phi) is 3.49. The van der Waals surface area contributed by atoms with Gasteiger partial charge in [-0.1, -0.05) is 6.07 Å². The van der Waals surface area contributed by atoms with Crippen LogP contribution in [-0.4, -0.2) is 13.1 Å². The molecule has 0 aliphatic rings. The zero-order valence-corrected chi connectivity index (χ0v) is 8.81. The number of hydrogen-bond donors (Lipinski definition) is 0. The van der Waals surface area contributed by atoms with E-state index in [1.807, 2.05) is 17.5 Å². The summed E-state index contributed by atoms with van der Waals surface area (Å²) in [4.78, 5) is 11.9. The molecule has 12 heavy (non-hydrogen) atoms. The lowest BCUT2D eigenvalue weighted by Gasteiger charge is -1.94. The minimum absolute atomic E-state index is 0.358. The quantitative estimate of drug-likeness (QED) is 0.593. The molecule has 0 atom stereocenters. The lowest BCUT2D eigenvalue weighted by Crippen LogP contribution is -1.98. The largest absolute Gasteiger partial charge is 0.465 e. The number of thiophene rings is 1. The van der Waals surface area contributed by atoms with Gasteiger partial charge in [-0.3, -0.25) is 0 Å². The Morgan fingerprint density at radius 2 is 2.50 bits per heavy atom. The van der Waals surface area contributed by atoms with Crippen molar-refractivity contribution < 1.29 is 9.53 Å². The standard InChI is InChI=1S/C8H7BrO2S/c1-11-8(10)7(9)5-6-3-2-4-12-6/h2-5H,1H3/b7-5+. The Bertz CT molecular complexity index is 290. The van der Waals surface area contributed by atoms with Gasteiger partial charge in [-0.2, -0.15) is 0 Å². The summed E-state index contributed by atoms with van der Waals surface area (Å²) in [5, 5.41) is 1.95. The topological polar surface area (TPSA) is 26.3 Å². The van der Waals surface area contributed by atoms with Crippen LogP contribution in [0.5, 0.6) is 0 Å². The summed E-state index contributed by atoms with van der Waals surface area (Å²) in [7, 11) is 1.35. The van der Waals surface area contributed by atoms with Crippen LogP contribution in [0.4, 0.5) is 0 Å². The minimum Gasteiger partial charge on any atom is -0.465 e. The summed E-state index contributed by atoms with van der Waals surface area (Å²) in [6, 6.07) is 3.85. The number of halogens is 1. The lowest BCUT2D eigenvalue weighted by molar-refractivity contribution is -0.135. The van der Waals surface area contributed by atoms with Gasteiger partial charge in [0.25, 0.3) is 0 Å². The molecule has 0 bridgehead atoms. The molecule has 64 valence electrons. The first-order valence-electron chi connectivity index (χ1n) is 3.23. The molecule has 4 heteroatoms. The molecular weight excluding hydrogens is 240 g/mol. The highest BCUT2D eigenvalue weighted by Gasteiger charge is 2.04. The summed E-state index contributed by atoms with van der Waals surface area (Å²) in [6.45, 7) is 0. The van der Waals surface area contributed by atoms with E-state index in [1.165, 1.54) is 7.11 Å². The zero-order valence-electron chi connectivity index (χ0n) is 6.41. The monoisotopic (exact) mass is 246 g/mol. The third-order valence-electron chi connectivity index (χ3n) is 1.19. The van der Waals surface area contributed by atoms with Gasteiger partial charge in [-0.25, -0.2) is 4.79 Å². The van der Waals surface area contributed by atoms with Gasteiger partial charge in [0, 0.05) is 4.88 Å². The molecule has 1 rings (SSSR count). The molecule has 1 aromatic heterocycles. The van der Waals surface area contributed by atoms with Crippen molar-refractivity contribution in [2.24, 2.45) is 0 Å². The van der Waals surface area contributed by atoms with Crippen molar-refractivity contribution in [1.29, 1.82) is 0 Å². The maximum atomic E-state index is 10.9. The fourth-order valence-corrected chi connectivity index (χ4v) is 1.87. The molecule has 0 saturated carbocycles. The van der Waals surface area contributed by atoms with Crippen molar-refractivity contribution in [2.75, 3.05) is 7.11 Å². The fourth-order valence-electron chi connectivity index (χ4n) is 0.655. The summed E-state index contributed by atoms with van der Waals surface area (Å²) in [5.74, 6) is -0.358.